The van der Waals surface area contributed by atoms with Gasteiger partial charge in [0.2, 0.25) is 0 Å². The number of nitrogens with zero attached hydrogens (tertiary/aromatic N) is 2. The fraction of sp³-hybridized carbons (Fsp3) is 0.263. The summed E-state index contributed by atoms with van der Waals surface area (Å²) in [5.74, 6) is 0.395. The highest BCUT2D eigenvalue weighted by Crippen LogP contribution is 2.34. The van der Waals surface area contributed by atoms with Crippen LogP contribution in [0.25, 0.3) is 10.2 Å². The molecule has 1 fully saturated rings. The Morgan fingerprint density at radius 3 is 2.60 bits per heavy atom. The van der Waals surface area contributed by atoms with Crippen LogP contribution < -0.4 is 0 Å². The highest BCUT2D eigenvalue weighted by Gasteiger charge is 2.27. The van der Waals surface area contributed by atoms with E-state index in [4.69, 9.17) is 28.2 Å². The molecule has 2 heterocycles. The van der Waals surface area contributed by atoms with Crippen molar-refractivity contribution in [2.24, 2.45) is 0 Å². The number of fused-ring (bicyclic) bond motifs is 1. The van der Waals surface area contributed by atoms with Gasteiger partial charge >= 0.3 is 0 Å². The second-order valence-electron chi connectivity index (χ2n) is 6.21. The summed E-state index contributed by atoms with van der Waals surface area (Å²) in [4.78, 5) is 19.3. The van der Waals surface area contributed by atoms with Crippen LogP contribution in [-0.4, -0.2) is 28.9 Å². The number of halogens is 2. The smallest absolute Gasteiger partial charge is 0.255 e. The molecule has 1 aromatic heterocycles. The lowest BCUT2D eigenvalue weighted by atomic mass is 9.97. The van der Waals surface area contributed by atoms with Crippen LogP contribution in [-0.2, 0) is 0 Å². The van der Waals surface area contributed by atoms with Gasteiger partial charge in [0.1, 0.15) is 0 Å². The SMILES string of the molecule is O=C(c1ccc(Cl)cc1Cl)N1CCC(c2nc3ccccc3s2)CC1. The standard InChI is InChI=1S/C19H16Cl2N2OS/c20-13-5-6-14(15(21)11-13)19(24)23-9-7-12(8-10-23)18-22-16-3-1-2-4-17(16)25-18/h1-6,11-12H,7-10H2. The average molecular weight is 391 g/mol. The Labute approximate surface area is 160 Å². The molecule has 3 aromatic rings. The summed E-state index contributed by atoms with van der Waals surface area (Å²) >= 11 is 13.8. The number of thiazole rings is 1. The second-order valence-corrected chi connectivity index (χ2v) is 8.12. The first-order valence-corrected chi connectivity index (χ1v) is 9.79. The summed E-state index contributed by atoms with van der Waals surface area (Å²) in [6.07, 6.45) is 1.85. The van der Waals surface area contributed by atoms with Gasteiger partial charge in [-0.3, -0.25) is 4.79 Å². The van der Waals surface area contributed by atoms with Gasteiger partial charge in [-0.2, -0.15) is 0 Å². The van der Waals surface area contributed by atoms with Crippen LogP contribution in [0, 0.1) is 0 Å². The zero-order valence-electron chi connectivity index (χ0n) is 13.4. The highest BCUT2D eigenvalue weighted by molar-refractivity contribution is 7.18. The molecule has 0 N–H and O–H groups in total. The molecule has 1 saturated heterocycles. The Morgan fingerprint density at radius 2 is 1.88 bits per heavy atom. The van der Waals surface area contributed by atoms with Gasteiger partial charge in [0.05, 0.1) is 25.8 Å². The molecular formula is C19H16Cl2N2OS. The van der Waals surface area contributed by atoms with Crippen molar-refractivity contribution in [3.8, 4) is 0 Å². The molecule has 1 amide bonds. The Bertz CT molecular complexity index is 899. The maximum atomic E-state index is 12.7. The Morgan fingerprint density at radius 1 is 1.12 bits per heavy atom. The van der Waals surface area contributed by atoms with Crippen LogP contribution in [0.3, 0.4) is 0 Å². The molecule has 1 aliphatic rings. The van der Waals surface area contributed by atoms with Gasteiger partial charge in [0.25, 0.3) is 5.91 Å². The van der Waals surface area contributed by atoms with Crippen molar-refractivity contribution in [2.45, 2.75) is 18.8 Å². The lowest BCUT2D eigenvalue weighted by molar-refractivity contribution is 0.0713. The number of hydrogen-bond donors (Lipinski definition) is 0. The second kappa shape index (κ2) is 6.94. The molecule has 0 bridgehead atoms. The number of benzene rings is 2. The Hall–Kier alpha value is -1.62. The number of amides is 1. The van der Waals surface area contributed by atoms with E-state index >= 15 is 0 Å². The fourth-order valence-electron chi connectivity index (χ4n) is 3.23. The van der Waals surface area contributed by atoms with Crippen LogP contribution >= 0.6 is 34.5 Å². The summed E-state index contributed by atoms with van der Waals surface area (Å²) in [5.41, 5.74) is 1.58. The van der Waals surface area contributed by atoms with Crippen molar-refractivity contribution in [1.29, 1.82) is 0 Å². The average Bonchev–Trinajstić information content (AvgIpc) is 3.05. The van der Waals surface area contributed by atoms with E-state index in [9.17, 15) is 4.79 Å². The van der Waals surface area contributed by atoms with E-state index < -0.39 is 0 Å². The molecule has 0 spiro atoms. The molecule has 0 saturated carbocycles. The van der Waals surface area contributed by atoms with E-state index in [1.165, 1.54) is 9.71 Å². The maximum absolute atomic E-state index is 12.7. The minimum Gasteiger partial charge on any atom is -0.339 e. The van der Waals surface area contributed by atoms with Gasteiger partial charge in [0, 0.05) is 24.0 Å². The first kappa shape index (κ1) is 16.8. The largest absolute Gasteiger partial charge is 0.339 e. The van der Waals surface area contributed by atoms with E-state index in [1.54, 1.807) is 29.5 Å². The summed E-state index contributed by atoms with van der Waals surface area (Å²) in [6.45, 7) is 1.44. The molecule has 0 unspecified atom stereocenters. The van der Waals surface area contributed by atoms with Crippen LogP contribution in [0.15, 0.2) is 42.5 Å². The van der Waals surface area contributed by atoms with Gasteiger partial charge in [-0.1, -0.05) is 35.3 Å². The Balaban J connectivity index is 1.46. The number of para-hydroxylation sites is 1. The molecule has 0 atom stereocenters. The van der Waals surface area contributed by atoms with Crippen molar-refractivity contribution in [1.82, 2.24) is 9.88 Å². The number of carbonyl (C=O) groups excluding carboxylic acids is 1. The maximum Gasteiger partial charge on any atom is 0.255 e. The lowest BCUT2D eigenvalue weighted by Crippen LogP contribution is -2.38. The lowest BCUT2D eigenvalue weighted by Gasteiger charge is -2.31. The molecule has 0 aliphatic carbocycles. The number of likely N-dealkylation sites (tertiary alicyclic amines) is 1. The van der Waals surface area contributed by atoms with Gasteiger partial charge in [-0.25, -0.2) is 4.98 Å². The summed E-state index contributed by atoms with van der Waals surface area (Å²) in [5, 5.41) is 2.12. The first-order valence-electron chi connectivity index (χ1n) is 8.21. The van der Waals surface area contributed by atoms with Gasteiger partial charge in [0.15, 0.2) is 0 Å². The molecular weight excluding hydrogens is 375 g/mol. The predicted octanol–water partition coefficient (Wildman–Crippen LogP) is 5.62. The third-order valence-corrected chi connectivity index (χ3v) is 6.35. The van der Waals surface area contributed by atoms with Crippen LogP contribution in [0.4, 0.5) is 0 Å². The molecule has 6 heteroatoms. The minimum absolute atomic E-state index is 0.0237. The van der Waals surface area contributed by atoms with Gasteiger partial charge in [-0.15, -0.1) is 11.3 Å². The molecule has 2 aromatic carbocycles. The number of piperidine rings is 1. The van der Waals surface area contributed by atoms with Gasteiger partial charge < -0.3 is 4.90 Å². The normalized spacial score (nSPS) is 15.7. The van der Waals surface area contributed by atoms with Crippen molar-refractivity contribution in [2.75, 3.05) is 13.1 Å². The quantitative estimate of drug-likeness (QED) is 0.568. The van der Waals surface area contributed by atoms with E-state index in [0.29, 0.717) is 21.5 Å². The molecule has 25 heavy (non-hydrogen) atoms. The minimum atomic E-state index is -0.0237. The zero-order valence-corrected chi connectivity index (χ0v) is 15.7. The van der Waals surface area contributed by atoms with Crippen molar-refractivity contribution < 1.29 is 4.79 Å². The summed E-state index contributed by atoms with van der Waals surface area (Å²) < 4.78 is 1.23. The fourth-order valence-corrected chi connectivity index (χ4v) is 4.85. The van der Waals surface area contributed by atoms with E-state index in [1.807, 2.05) is 17.0 Å². The van der Waals surface area contributed by atoms with Crippen molar-refractivity contribution in [3.63, 3.8) is 0 Å². The number of aromatic nitrogens is 1. The van der Waals surface area contributed by atoms with E-state index in [-0.39, 0.29) is 5.91 Å². The number of rotatable bonds is 2. The van der Waals surface area contributed by atoms with Crippen molar-refractivity contribution >= 4 is 50.7 Å². The Kier molecular flexibility index (Phi) is 4.67. The van der Waals surface area contributed by atoms with Gasteiger partial charge in [-0.05, 0) is 43.2 Å². The molecule has 1 aliphatic heterocycles. The van der Waals surface area contributed by atoms with Crippen molar-refractivity contribution in [3.05, 3.63) is 63.1 Å². The summed E-state index contributed by atoms with van der Waals surface area (Å²) in [6, 6.07) is 13.2. The number of hydrogen-bond acceptors (Lipinski definition) is 3. The molecule has 4 rings (SSSR count). The predicted molar refractivity (Wildman–Crippen MR) is 104 cm³/mol. The van der Waals surface area contributed by atoms with Crippen LogP contribution in [0.1, 0.15) is 34.1 Å². The van der Waals surface area contributed by atoms with E-state index in [2.05, 4.69) is 12.1 Å². The molecule has 128 valence electrons. The third kappa shape index (κ3) is 3.39. The van der Waals surface area contributed by atoms with Crippen LogP contribution in [0.2, 0.25) is 10.0 Å². The first-order chi connectivity index (χ1) is 12.1. The monoisotopic (exact) mass is 390 g/mol. The topological polar surface area (TPSA) is 33.2 Å². The zero-order chi connectivity index (χ0) is 17.4. The highest BCUT2D eigenvalue weighted by atomic mass is 35.5. The van der Waals surface area contributed by atoms with Crippen LogP contribution in [0.5, 0.6) is 0 Å². The molecule has 3 nitrogen and oxygen atoms in total. The summed E-state index contributed by atoms with van der Waals surface area (Å²) in [7, 11) is 0. The van der Waals surface area contributed by atoms with E-state index in [0.717, 1.165) is 31.4 Å². The molecule has 0 radical (unpaired) electrons. The third-order valence-electron chi connectivity index (χ3n) is 4.60. The number of carbonyl (C=O) groups is 1.